The van der Waals surface area contributed by atoms with Crippen molar-refractivity contribution in [2.75, 3.05) is 9.80 Å². The van der Waals surface area contributed by atoms with E-state index in [0.717, 1.165) is 44.7 Å². The van der Waals surface area contributed by atoms with E-state index in [1.807, 2.05) is 23.9 Å². The number of para-hydroxylation sites is 4. The second-order valence-corrected chi connectivity index (χ2v) is 14.1. The summed E-state index contributed by atoms with van der Waals surface area (Å²) in [6, 6.07) is 69.1. The molecule has 9 aromatic rings. The summed E-state index contributed by atoms with van der Waals surface area (Å²) in [6.07, 6.45) is 0. The molecule has 0 spiro atoms. The number of rotatable bonds is 6. The summed E-state index contributed by atoms with van der Waals surface area (Å²) in [4.78, 5) is 7.16. The van der Waals surface area contributed by atoms with Gasteiger partial charge >= 0.3 is 0 Å². The molecule has 0 aliphatic carbocycles. The van der Waals surface area contributed by atoms with Gasteiger partial charge in [0.1, 0.15) is 5.58 Å². The lowest BCUT2D eigenvalue weighted by Gasteiger charge is -2.33. The average molecular weight is 685 g/mol. The molecule has 0 N–H and O–H groups in total. The summed E-state index contributed by atoms with van der Waals surface area (Å²) in [7, 11) is 0. The molecule has 1 aliphatic heterocycles. The Labute approximate surface area is 307 Å². The first-order chi connectivity index (χ1) is 25.8. The molecule has 10 rings (SSSR count). The molecule has 2 heterocycles. The minimum atomic E-state index is 0.870. The minimum absolute atomic E-state index is 0.870. The average Bonchev–Trinajstić information content (AvgIpc) is 3.61. The Hall–Kier alpha value is -6.49. The van der Waals surface area contributed by atoms with Crippen LogP contribution in [0.5, 0.6) is 0 Å². The highest BCUT2D eigenvalue weighted by molar-refractivity contribution is 7.99. The molecule has 0 amide bonds. The predicted molar refractivity (Wildman–Crippen MR) is 218 cm³/mol. The van der Waals surface area contributed by atoms with Crippen LogP contribution in [0.3, 0.4) is 0 Å². The standard InChI is InChI=1S/C48H32N2OS/c1-3-12-33(13-4-1)34-22-27-38(28-23-34)49(44-19-11-17-41-40-16-7-9-20-45(40)51-48(41)44)39-29-24-35(25-30-39)36-26-31-43-47(32-36)52-46-21-10-8-18-42(46)50(43)37-14-5-2-6-15-37/h1-32H. The molecule has 4 heteroatoms. The largest absolute Gasteiger partial charge is 0.454 e. The zero-order valence-electron chi connectivity index (χ0n) is 28.2. The number of furan rings is 1. The third kappa shape index (κ3) is 5.24. The second kappa shape index (κ2) is 12.7. The van der Waals surface area contributed by atoms with Gasteiger partial charge in [0.05, 0.1) is 17.1 Å². The van der Waals surface area contributed by atoms with Crippen LogP contribution in [0, 0.1) is 0 Å². The SMILES string of the molecule is c1ccc(-c2ccc(N(c3ccc(-c4ccc5c(c4)Sc4ccccc4N5c4ccccc4)cc3)c3cccc4c3oc3ccccc34)cc2)cc1. The van der Waals surface area contributed by atoms with Crippen LogP contribution in [-0.4, -0.2) is 0 Å². The molecule has 0 fully saturated rings. The van der Waals surface area contributed by atoms with Crippen LogP contribution >= 0.6 is 11.8 Å². The Morgan fingerprint density at radius 3 is 1.77 bits per heavy atom. The van der Waals surface area contributed by atoms with Crippen LogP contribution in [0.15, 0.2) is 208 Å². The van der Waals surface area contributed by atoms with Crippen molar-refractivity contribution >= 4 is 67.8 Å². The zero-order valence-corrected chi connectivity index (χ0v) is 29.0. The van der Waals surface area contributed by atoms with Gasteiger partial charge in [-0.15, -0.1) is 0 Å². The van der Waals surface area contributed by atoms with E-state index in [9.17, 15) is 0 Å². The maximum atomic E-state index is 6.56. The zero-order chi connectivity index (χ0) is 34.4. The molecule has 0 radical (unpaired) electrons. The topological polar surface area (TPSA) is 19.6 Å². The third-order valence-corrected chi connectivity index (χ3v) is 11.0. The molecule has 1 aliphatic rings. The quantitative estimate of drug-likeness (QED) is 0.174. The van der Waals surface area contributed by atoms with E-state index >= 15 is 0 Å². The van der Waals surface area contributed by atoms with Gasteiger partial charge in [0.25, 0.3) is 0 Å². The summed E-state index contributed by atoms with van der Waals surface area (Å²) in [6.45, 7) is 0. The third-order valence-electron chi connectivity index (χ3n) is 9.86. The van der Waals surface area contributed by atoms with Crippen LogP contribution < -0.4 is 9.80 Å². The Bertz CT molecular complexity index is 2700. The van der Waals surface area contributed by atoms with Crippen LogP contribution in [-0.2, 0) is 0 Å². The number of anilines is 6. The first kappa shape index (κ1) is 30.3. The van der Waals surface area contributed by atoms with Crippen molar-refractivity contribution in [3.05, 3.63) is 194 Å². The van der Waals surface area contributed by atoms with Crippen LogP contribution in [0.25, 0.3) is 44.2 Å². The molecule has 246 valence electrons. The summed E-state index contributed by atoms with van der Waals surface area (Å²) in [5.74, 6) is 0. The van der Waals surface area contributed by atoms with E-state index in [-0.39, 0.29) is 0 Å². The number of fused-ring (bicyclic) bond motifs is 5. The van der Waals surface area contributed by atoms with Gasteiger partial charge in [-0.3, -0.25) is 0 Å². The van der Waals surface area contributed by atoms with Crippen LogP contribution in [0.4, 0.5) is 34.1 Å². The Kier molecular flexibility index (Phi) is 7.40. The summed E-state index contributed by atoms with van der Waals surface area (Å²) in [5.41, 5.74) is 13.2. The minimum Gasteiger partial charge on any atom is -0.454 e. The van der Waals surface area contributed by atoms with Crippen molar-refractivity contribution in [2.24, 2.45) is 0 Å². The molecule has 0 saturated heterocycles. The molecule has 0 bridgehead atoms. The molecule has 1 aromatic heterocycles. The van der Waals surface area contributed by atoms with E-state index in [2.05, 4.69) is 192 Å². The molecule has 52 heavy (non-hydrogen) atoms. The lowest BCUT2D eigenvalue weighted by atomic mass is 10.0. The van der Waals surface area contributed by atoms with Gasteiger partial charge in [0.15, 0.2) is 5.58 Å². The predicted octanol–water partition coefficient (Wildman–Crippen LogP) is 14.3. The van der Waals surface area contributed by atoms with Gasteiger partial charge in [-0.05, 0) is 95.1 Å². The monoisotopic (exact) mass is 684 g/mol. The lowest BCUT2D eigenvalue weighted by molar-refractivity contribution is 0.669. The Morgan fingerprint density at radius 1 is 0.423 bits per heavy atom. The summed E-state index contributed by atoms with van der Waals surface area (Å²) >= 11 is 1.83. The van der Waals surface area contributed by atoms with Gasteiger partial charge in [0, 0.05) is 37.6 Å². The van der Waals surface area contributed by atoms with Gasteiger partial charge in [-0.25, -0.2) is 0 Å². The number of benzene rings is 8. The van der Waals surface area contributed by atoms with E-state index in [4.69, 9.17) is 4.42 Å². The first-order valence-electron chi connectivity index (χ1n) is 17.5. The van der Waals surface area contributed by atoms with E-state index in [1.165, 1.54) is 43.4 Å². The summed E-state index contributed by atoms with van der Waals surface area (Å²) in [5, 5.41) is 2.22. The van der Waals surface area contributed by atoms with E-state index < -0.39 is 0 Å². The number of hydrogen-bond acceptors (Lipinski definition) is 4. The van der Waals surface area contributed by atoms with Gasteiger partial charge < -0.3 is 14.2 Å². The highest BCUT2D eigenvalue weighted by Gasteiger charge is 2.25. The molecular weight excluding hydrogens is 653 g/mol. The fourth-order valence-electron chi connectivity index (χ4n) is 7.36. The van der Waals surface area contributed by atoms with Crippen LogP contribution in [0.2, 0.25) is 0 Å². The Morgan fingerprint density at radius 2 is 1.00 bits per heavy atom. The van der Waals surface area contributed by atoms with Crippen molar-refractivity contribution in [3.63, 3.8) is 0 Å². The van der Waals surface area contributed by atoms with Crippen LogP contribution in [0.1, 0.15) is 0 Å². The summed E-state index contributed by atoms with van der Waals surface area (Å²) < 4.78 is 6.56. The molecule has 0 atom stereocenters. The highest BCUT2D eigenvalue weighted by atomic mass is 32.2. The van der Waals surface area contributed by atoms with Gasteiger partial charge in [-0.1, -0.05) is 133 Å². The first-order valence-corrected chi connectivity index (χ1v) is 18.3. The normalized spacial score (nSPS) is 12.1. The van der Waals surface area contributed by atoms with Gasteiger partial charge in [0.2, 0.25) is 0 Å². The van der Waals surface area contributed by atoms with Crippen molar-refractivity contribution < 1.29 is 4.42 Å². The van der Waals surface area contributed by atoms with Gasteiger partial charge in [-0.2, -0.15) is 0 Å². The molecular formula is C48H32N2OS. The van der Waals surface area contributed by atoms with E-state index in [0.29, 0.717) is 0 Å². The van der Waals surface area contributed by atoms with E-state index in [1.54, 1.807) is 0 Å². The van der Waals surface area contributed by atoms with Crippen molar-refractivity contribution in [1.82, 2.24) is 0 Å². The maximum absolute atomic E-state index is 6.56. The van der Waals surface area contributed by atoms with Crippen molar-refractivity contribution in [1.29, 1.82) is 0 Å². The van der Waals surface area contributed by atoms with Crippen molar-refractivity contribution in [2.45, 2.75) is 9.79 Å². The number of hydrogen-bond donors (Lipinski definition) is 0. The smallest absolute Gasteiger partial charge is 0.159 e. The molecule has 0 saturated carbocycles. The van der Waals surface area contributed by atoms with Crippen molar-refractivity contribution in [3.8, 4) is 22.3 Å². The maximum Gasteiger partial charge on any atom is 0.159 e. The fraction of sp³-hybridized carbons (Fsp3) is 0. The lowest BCUT2D eigenvalue weighted by Crippen LogP contribution is -2.14. The molecule has 0 unspecified atom stereocenters. The Balaban J connectivity index is 1.06. The second-order valence-electron chi connectivity index (χ2n) is 13.0. The highest BCUT2D eigenvalue weighted by Crippen LogP contribution is 2.52. The number of nitrogens with zero attached hydrogens (tertiary/aromatic N) is 2. The molecule has 3 nitrogen and oxygen atoms in total. The fourth-order valence-corrected chi connectivity index (χ4v) is 8.46. The molecule has 8 aromatic carbocycles.